The number of carbonyl (C=O) groups is 1. The Morgan fingerprint density at radius 2 is 1.88 bits per heavy atom. The highest BCUT2D eigenvalue weighted by molar-refractivity contribution is 5.67. The molecular formula is C18H17F3N2O2. The lowest BCUT2D eigenvalue weighted by atomic mass is 10.2. The molecule has 1 N–H and O–H groups in total. The predicted molar refractivity (Wildman–Crippen MR) is 87.5 cm³/mol. The molecule has 0 bridgehead atoms. The summed E-state index contributed by atoms with van der Waals surface area (Å²) in [4.78, 5) is 15.0. The number of hydrogen-bond donors (Lipinski definition) is 1. The second kappa shape index (κ2) is 8.86. The van der Waals surface area contributed by atoms with Gasteiger partial charge in [0, 0.05) is 6.54 Å². The highest BCUT2D eigenvalue weighted by atomic mass is 19.4. The molecule has 1 aromatic heterocycles. The molecule has 2 aromatic rings. The average Bonchev–Trinajstić information content (AvgIpc) is 2.60. The Kier molecular flexibility index (Phi) is 6.56. The molecule has 0 saturated heterocycles. The Labute approximate surface area is 143 Å². The van der Waals surface area contributed by atoms with Gasteiger partial charge in [-0.05, 0) is 30.2 Å². The molecule has 4 nitrogen and oxygen atoms in total. The van der Waals surface area contributed by atoms with E-state index in [4.69, 9.17) is 4.74 Å². The van der Waals surface area contributed by atoms with Gasteiger partial charge < -0.3 is 10.1 Å². The van der Waals surface area contributed by atoms with Crippen molar-refractivity contribution in [2.24, 2.45) is 0 Å². The van der Waals surface area contributed by atoms with Gasteiger partial charge in [-0.2, -0.15) is 13.2 Å². The third-order valence-electron chi connectivity index (χ3n) is 3.14. The van der Waals surface area contributed by atoms with E-state index in [1.54, 1.807) is 6.08 Å². The van der Waals surface area contributed by atoms with E-state index in [1.165, 1.54) is 18.2 Å². The fourth-order valence-electron chi connectivity index (χ4n) is 1.94. The topological polar surface area (TPSA) is 51.2 Å². The van der Waals surface area contributed by atoms with E-state index in [1.807, 2.05) is 30.3 Å². The van der Waals surface area contributed by atoms with Crippen molar-refractivity contribution in [2.75, 3.05) is 6.54 Å². The van der Waals surface area contributed by atoms with E-state index >= 15 is 0 Å². The van der Waals surface area contributed by atoms with Crippen LogP contribution in [-0.4, -0.2) is 17.6 Å². The number of carbonyl (C=O) groups excluding carboxylic acids is 1. The number of pyridine rings is 1. The van der Waals surface area contributed by atoms with Crippen molar-refractivity contribution < 1.29 is 22.7 Å². The van der Waals surface area contributed by atoms with E-state index in [-0.39, 0.29) is 12.3 Å². The molecule has 132 valence electrons. The zero-order valence-corrected chi connectivity index (χ0v) is 13.3. The highest BCUT2D eigenvalue weighted by Crippen LogP contribution is 2.27. The lowest BCUT2D eigenvalue weighted by Crippen LogP contribution is -2.24. The molecule has 0 aliphatic rings. The van der Waals surface area contributed by atoms with Crippen LogP contribution < -0.4 is 5.32 Å². The van der Waals surface area contributed by atoms with E-state index < -0.39 is 18.0 Å². The predicted octanol–water partition coefficient (Wildman–Crippen LogP) is 4.43. The Morgan fingerprint density at radius 3 is 2.60 bits per heavy atom. The smallest absolute Gasteiger partial charge is 0.433 e. The van der Waals surface area contributed by atoms with Gasteiger partial charge in [-0.25, -0.2) is 9.78 Å². The molecular weight excluding hydrogens is 333 g/mol. The summed E-state index contributed by atoms with van der Waals surface area (Å²) in [5, 5.41) is 2.56. The number of nitrogens with zero attached hydrogens (tertiary/aromatic N) is 1. The van der Waals surface area contributed by atoms with Crippen molar-refractivity contribution in [1.29, 1.82) is 0 Å². The fourth-order valence-corrected chi connectivity index (χ4v) is 1.94. The number of amides is 1. The van der Waals surface area contributed by atoms with Gasteiger partial charge in [0.15, 0.2) is 0 Å². The van der Waals surface area contributed by atoms with Gasteiger partial charge in [0.1, 0.15) is 12.3 Å². The van der Waals surface area contributed by atoms with Crippen LogP contribution in [0.15, 0.2) is 54.6 Å². The summed E-state index contributed by atoms with van der Waals surface area (Å²) in [6.45, 7) is 0.486. The quantitative estimate of drug-likeness (QED) is 0.784. The lowest BCUT2D eigenvalue weighted by molar-refractivity contribution is -0.141. The Balaban J connectivity index is 1.70. The normalized spacial score (nSPS) is 11.5. The third kappa shape index (κ3) is 6.66. The molecule has 0 aliphatic carbocycles. The molecule has 0 atom stereocenters. The second-order valence-electron chi connectivity index (χ2n) is 5.13. The second-order valence-corrected chi connectivity index (χ2v) is 5.13. The third-order valence-corrected chi connectivity index (χ3v) is 3.14. The van der Waals surface area contributed by atoms with Crippen LogP contribution in [-0.2, 0) is 17.5 Å². The van der Waals surface area contributed by atoms with E-state index in [2.05, 4.69) is 10.3 Å². The van der Waals surface area contributed by atoms with Crippen molar-refractivity contribution in [3.63, 3.8) is 0 Å². The highest BCUT2D eigenvalue weighted by Gasteiger charge is 2.32. The number of alkyl halides is 3. The van der Waals surface area contributed by atoms with Crippen LogP contribution in [0.1, 0.15) is 23.4 Å². The Morgan fingerprint density at radius 1 is 1.12 bits per heavy atom. The van der Waals surface area contributed by atoms with Gasteiger partial charge in [-0.15, -0.1) is 0 Å². The van der Waals surface area contributed by atoms with E-state index in [0.29, 0.717) is 13.0 Å². The standard InChI is InChI=1S/C18H17F3N2O2/c19-18(20,21)16-11-6-10-15(23-16)9-4-5-12-22-17(24)25-13-14-7-2-1-3-8-14/h1-4,6-11H,5,12-13H2,(H,22,24). The van der Waals surface area contributed by atoms with Crippen LogP contribution in [0.25, 0.3) is 6.08 Å². The number of rotatable bonds is 6. The summed E-state index contributed by atoms with van der Waals surface area (Å²) < 4.78 is 42.7. The fraction of sp³-hybridized carbons (Fsp3) is 0.222. The summed E-state index contributed by atoms with van der Waals surface area (Å²) in [6, 6.07) is 13.0. The average molecular weight is 350 g/mol. The van der Waals surface area contributed by atoms with Gasteiger partial charge in [0.05, 0.1) is 5.69 Å². The number of halogens is 3. The molecule has 1 amide bonds. The van der Waals surface area contributed by atoms with Crippen molar-refractivity contribution in [2.45, 2.75) is 19.2 Å². The number of hydrogen-bond acceptors (Lipinski definition) is 3. The molecule has 0 aliphatic heterocycles. The monoisotopic (exact) mass is 350 g/mol. The molecule has 0 saturated carbocycles. The summed E-state index contributed by atoms with van der Waals surface area (Å²) in [5.74, 6) is 0. The van der Waals surface area contributed by atoms with Gasteiger partial charge in [0.25, 0.3) is 0 Å². The molecule has 0 fully saturated rings. The molecule has 2 rings (SSSR count). The molecule has 0 unspecified atom stereocenters. The SMILES string of the molecule is O=C(NCCC=Cc1cccc(C(F)(F)F)n1)OCc1ccccc1. The summed E-state index contributed by atoms with van der Waals surface area (Å²) in [5.41, 5.74) is 0.159. The summed E-state index contributed by atoms with van der Waals surface area (Å²) >= 11 is 0. The van der Waals surface area contributed by atoms with Crippen LogP contribution >= 0.6 is 0 Å². The zero-order valence-electron chi connectivity index (χ0n) is 13.3. The van der Waals surface area contributed by atoms with Gasteiger partial charge in [-0.1, -0.05) is 42.5 Å². The number of ether oxygens (including phenoxy) is 1. The minimum atomic E-state index is -4.46. The van der Waals surface area contributed by atoms with Gasteiger partial charge in [-0.3, -0.25) is 0 Å². The van der Waals surface area contributed by atoms with Crippen molar-refractivity contribution in [1.82, 2.24) is 10.3 Å². The molecule has 1 heterocycles. The van der Waals surface area contributed by atoms with Crippen LogP contribution in [0.3, 0.4) is 0 Å². The Hall–Kier alpha value is -2.83. The molecule has 1 aromatic carbocycles. The first-order chi connectivity index (χ1) is 11.9. The zero-order chi connectivity index (χ0) is 18.1. The maximum Gasteiger partial charge on any atom is 0.433 e. The van der Waals surface area contributed by atoms with Gasteiger partial charge >= 0.3 is 12.3 Å². The van der Waals surface area contributed by atoms with Crippen molar-refractivity contribution in [3.05, 3.63) is 71.6 Å². The van der Waals surface area contributed by atoms with Crippen molar-refractivity contribution in [3.8, 4) is 0 Å². The molecule has 0 radical (unpaired) electrons. The maximum absolute atomic E-state index is 12.5. The number of benzene rings is 1. The number of nitrogens with one attached hydrogen (secondary N) is 1. The first kappa shape index (κ1) is 18.5. The lowest BCUT2D eigenvalue weighted by Gasteiger charge is -2.06. The first-order valence-corrected chi connectivity index (χ1v) is 7.60. The number of aromatic nitrogens is 1. The van der Waals surface area contributed by atoms with E-state index in [9.17, 15) is 18.0 Å². The molecule has 7 heteroatoms. The first-order valence-electron chi connectivity index (χ1n) is 7.60. The van der Waals surface area contributed by atoms with E-state index in [0.717, 1.165) is 11.6 Å². The summed E-state index contributed by atoms with van der Waals surface area (Å²) in [7, 11) is 0. The number of alkyl carbamates (subject to hydrolysis) is 1. The summed E-state index contributed by atoms with van der Waals surface area (Å²) in [6.07, 6.45) is -1.45. The van der Waals surface area contributed by atoms with Crippen LogP contribution in [0, 0.1) is 0 Å². The van der Waals surface area contributed by atoms with Crippen molar-refractivity contribution >= 4 is 12.2 Å². The minimum absolute atomic E-state index is 0.177. The molecule has 0 spiro atoms. The Bertz CT molecular complexity index is 716. The largest absolute Gasteiger partial charge is 0.445 e. The van der Waals surface area contributed by atoms with Crippen LogP contribution in [0.5, 0.6) is 0 Å². The maximum atomic E-state index is 12.5. The van der Waals surface area contributed by atoms with Gasteiger partial charge in [0.2, 0.25) is 0 Å². The van der Waals surface area contributed by atoms with Crippen LogP contribution in [0.2, 0.25) is 0 Å². The minimum Gasteiger partial charge on any atom is -0.445 e. The van der Waals surface area contributed by atoms with Crippen LogP contribution in [0.4, 0.5) is 18.0 Å². The molecule has 25 heavy (non-hydrogen) atoms.